The van der Waals surface area contributed by atoms with Gasteiger partial charge in [-0.05, 0) is 69.8 Å². The van der Waals surface area contributed by atoms with E-state index in [0.29, 0.717) is 17.4 Å². The maximum atomic E-state index is 13.6. The monoisotopic (exact) mass is 437 g/mol. The van der Waals surface area contributed by atoms with Crippen LogP contribution in [0.4, 0.5) is 0 Å². The number of carbonyl (C=O) groups is 1. The van der Waals surface area contributed by atoms with E-state index < -0.39 is 0 Å². The Morgan fingerprint density at radius 3 is 1.91 bits per heavy atom. The maximum Gasteiger partial charge on any atom is 0.197 e. The Morgan fingerprint density at radius 2 is 1.24 bits per heavy atom. The lowest BCUT2D eigenvalue weighted by molar-refractivity contribution is 0.103. The van der Waals surface area contributed by atoms with Gasteiger partial charge in [-0.2, -0.15) is 0 Å². The van der Waals surface area contributed by atoms with Crippen LogP contribution in [0.1, 0.15) is 79.7 Å². The topological polar surface area (TPSA) is 39.1 Å². The number of hydrogen-bond acceptors (Lipinski definition) is 2. The number of hydrogen-bond donors (Lipinski definition) is 0. The van der Waals surface area contributed by atoms with Gasteiger partial charge in [-0.25, -0.2) is 0 Å². The molecule has 168 valence electrons. The maximum absolute atomic E-state index is 13.6. The van der Waals surface area contributed by atoms with Gasteiger partial charge in [0.25, 0.3) is 0 Å². The van der Waals surface area contributed by atoms with E-state index in [1.54, 1.807) is 0 Å². The molecule has 0 fully saturated rings. The van der Waals surface area contributed by atoms with Crippen LogP contribution in [-0.4, -0.2) is 10.4 Å². The average molecular weight is 438 g/mol. The van der Waals surface area contributed by atoms with E-state index in [1.807, 2.05) is 35.9 Å². The Balaban J connectivity index is 1.75. The third-order valence-electron chi connectivity index (χ3n) is 7.14. The summed E-state index contributed by atoms with van der Waals surface area (Å²) in [5.41, 5.74) is 7.44. The van der Waals surface area contributed by atoms with E-state index >= 15 is 0 Å². The van der Waals surface area contributed by atoms with E-state index in [9.17, 15) is 9.59 Å². The van der Waals surface area contributed by atoms with Crippen LogP contribution in [0.2, 0.25) is 0 Å². The molecule has 0 spiro atoms. The van der Waals surface area contributed by atoms with Crippen molar-refractivity contribution in [2.24, 2.45) is 7.05 Å². The Bertz CT molecular complexity index is 1540. The molecule has 0 radical (unpaired) electrons. The lowest BCUT2D eigenvalue weighted by Gasteiger charge is -2.25. The molecule has 0 atom stereocenters. The highest BCUT2D eigenvalue weighted by Crippen LogP contribution is 2.34. The molecule has 4 aromatic rings. The van der Waals surface area contributed by atoms with Gasteiger partial charge >= 0.3 is 0 Å². The van der Waals surface area contributed by atoms with Crippen LogP contribution < -0.4 is 5.43 Å². The number of aryl methyl sites for hydroxylation is 1. The predicted molar refractivity (Wildman–Crippen MR) is 137 cm³/mol. The molecule has 0 bridgehead atoms. The van der Waals surface area contributed by atoms with Gasteiger partial charge in [0.2, 0.25) is 0 Å². The van der Waals surface area contributed by atoms with E-state index in [2.05, 4.69) is 65.8 Å². The van der Waals surface area contributed by atoms with Crippen molar-refractivity contribution < 1.29 is 4.79 Å². The number of ketones is 1. The van der Waals surface area contributed by atoms with Crippen molar-refractivity contribution in [2.75, 3.05) is 0 Å². The molecule has 33 heavy (non-hydrogen) atoms. The zero-order chi connectivity index (χ0) is 23.9. The van der Waals surface area contributed by atoms with Crippen LogP contribution in [0.3, 0.4) is 0 Å². The fourth-order valence-corrected chi connectivity index (χ4v) is 4.96. The van der Waals surface area contributed by atoms with Gasteiger partial charge < -0.3 is 4.57 Å². The molecule has 1 heterocycles. The summed E-state index contributed by atoms with van der Waals surface area (Å²) < 4.78 is 2.05. The molecule has 3 heteroatoms. The normalized spacial score (nSPS) is 14.0. The minimum atomic E-state index is -0.0357. The number of fused-ring (bicyclic) bond motifs is 4. The number of nitrogens with zero attached hydrogens (tertiary/aromatic N) is 1. The van der Waals surface area contributed by atoms with Gasteiger partial charge in [0.1, 0.15) is 0 Å². The van der Waals surface area contributed by atoms with Crippen LogP contribution in [-0.2, 0) is 24.3 Å². The molecule has 0 aliphatic heterocycles. The molecule has 0 N–H and O–H groups in total. The number of benzene rings is 3. The third kappa shape index (κ3) is 3.33. The molecule has 0 saturated heterocycles. The molecule has 3 aromatic carbocycles. The van der Waals surface area contributed by atoms with E-state index in [1.165, 1.54) is 0 Å². The van der Waals surface area contributed by atoms with Gasteiger partial charge in [-0.15, -0.1) is 0 Å². The minimum Gasteiger partial charge on any atom is -0.343 e. The Kier molecular flexibility index (Phi) is 4.52. The lowest BCUT2D eigenvalue weighted by atomic mass is 9.79. The number of aromatic nitrogens is 1. The highest BCUT2D eigenvalue weighted by Gasteiger charge is 2.27. The summed E-state index contributed by atoms with van der Waals surface area (Å²) in [4.78, 5) is 27.1. The van der Waals surface area contributed by atoms with Crippen LogP contribution in [0.5, 0.6) is 0 Å². The second-order valence-corrected chi connectivity index (χ2v) is 11.5. The van der Waals surface area contributed by atoms with Crippen LogP contribution in [0.15, 0.2) is 53.3 Å². The molecule has 0 saturated carbocycles. The average Bonchev–Trinajstić information content (AvgIpc) is 2.75. The van der Waals surface area contributed by atoms with Crippen LogP contribution in [0, 0.1) is 0 Å². The third-order valence-corrected chi connectivity index (χ3v) is 7.14. The number of rotatable bonds is 0. The van der Waals surface area contributed by atoms with Crippen LogP contribution in [0.25, 0.3) is 21.8 Å². The van der Waals surface area contributed by atoms with E-state index in [4.69, 9.17) is 0 Å². The molecular weight excluding hydrogens is 406 g/mol. The minimum absolute atomic E-state index is 0.0201. The van der Waals surface area contributed by atoms with E-state index in [-0.39, 0.29) is 22.0 Å². The standard InChI is InChI=1S/C30H31NO2/c1-29(2,3)19-9-8-17-12-18-13-23-26(16-22(18)27(32)21(17)14-19)31(7)25-11-10-20(30(4,5)6)15-24(25)28(23)33/h8-11,13-16H,12H2,1-7H3. The molecule has 0 amide bonds. The summed E-state index contributed by atoms with van der Waals surface area (Å²) in [6.07, 6.45) is 0.667. The van der Waals surface area contributed by atoms with Gasteiger partial charge in [0, 0.05) is 28.9 Å². The number of carbonyl (C=O) groups excluding carboxylic acids is 1. The predicted octanol–water partition coefficient (Wildman–Crippen LogP) is 6.42. The van der Waals surface area contributed by atoms with Gasteiger partial charge in [-0.1, -0.05) is 59.7 Å². The summed E-state index contributed by atoms with van der Waals surface area (Å²) in [6, 6.07) is 16.3. The summed E-state index contributed by atoms with van der Waals surface area (Å²) in [5, 5.41) is 1.41. The van der Waals surface area contributed by atoms with Crippen LogP contribution >= 0.6 is 0 Å². The SMILES string of the molecule is Cn1c2ccc(C(C)(C)C)cc2c(=O)c2cc3c(cc21)C(=O)c1cc(C(C)(C)C)ccc1C3. The first-order valence-corrected chi connectivity index (χ1v) is 11.6. The Hall–Kier alpha value is -3.20. The molecule has 1 aromatic heterocycles. The highest BCUT2D eigenvalue weighted by atomic mass is 16.1. The molecule has 1 aliphatic rings. The molecule has 3 nitrogen and oxygen atoms in total. The fraction of sp³-hybridized carbons (Fsp3) is 0.333. The van der Waals surface area contributed by atoms with E-state index in [0.717, 1.165) is 44.2 Å². The second kappa shape index (κ2) is 6.90. The smallest absolute Gasteiger partial charge is 0.197 e. The van der Waals surface area contributed by atoms with Gasteiger partial charge in [-0.3, -0.25) is 9.59 Å². The van der Waals surface area contributed by atoms with Crippen molar-refractivity contribution in [3.05, 3.63) is 92.1 Å². The van der Waals surface area contributed by atoms with Crippen molar-refractivity contribution in [3.8, 4) is 0 Å². The molecular formula is C30H31NO2. The summed E-state index contributed by atoms with van der Waals surface area (Å²) in [6.45, 7) is 13.0. The quantitative estimate of drug-likeness (QED) is 0.262. The Morgan fingerprint density at radius 1 is 0.667 bits per heavy atom. The highest BCUT2D eigenvalue weighted by molar-refractivity contribution is 6.14. The number of pyridine rings is 1. The summed E-state index contributed by atoms with van der Waals surface area (Å²) in [7, 11) is 1.98. The van der Waals surface area contributed by atoms with Crippen molar-refractivity contribution in [1.29, 1.82) is 0 Å². The fourth-order valence-electron chi connectivity index (χ4n) is 4.96. The zero-order valence-corrected chi connectivity index (χ0v) is 20.6. The van der Waals surface area contributed by atoms with Crippen molar-refractivity contribution in [3.63, 3.8) is 0 Å². The lowest BCUT2D eigenvalue weighted by Crippen LogP contribution is -2.20. The Labute approximate surface area is 195 Å². The second-order valence-electron chi connectivity index (χ2n) is 11.5. The van der Waals surface area contributed by atoms with Crippen molar-refractivity contribution in [2.45, 2.75) is 58.8 Å². The van der Waals surface area contributed by atoms with Crippen molar-refractivity contribution >= 4 is 27.6 Å². The van der Waals surface area contributed by atoms with Crippen molar-refractivity contribution in [1.82, 2.24) is 4.57 Å². The molecule has 0 unspecified atom stereocenters. The molecule has 5 rings (SSSR count). The first-order chi connectivity index (χ1) is 15.4. The largest absolute Gasteiger partial charge is 0.343 e. The summed E-state index contributed by atoms with van der Waals surface area (Å²) in [5.74, 6) is 0.0508. The zero-order valence-electron chi connectivity index (χ0n) is 20.6. The van der Waals surface area contributed by atoms with Gasteiger partial charge in [0.05, 0.1) is 11.0 Å². The molecule has 1 aliphatic carbocycles. The van der Waals surface area contributed by atoms with Gasteiger partial charge in [0.15, 0.2) is 11.2 Å². The first kappa shape index (κ1) is 21.6. The summed E-state index contributed by atoms with van der Waals surface area (Å²) >= 11 is 0. The first-order valence-electron chi connectivity index (χ1n) is 11.6.